The number of amides is 2. The molecule has 2 amide bonds. The first-order chi connectivity index (χ1) is 11.7. The number of pyridine rings is 1. The van der Waals surface area contributed by atoms with Gasteiger partial charge < -0.3 is 5.11 Å². The van der Waals surface area contributed by atoms with Crippen molar-refractivity contribution in [3.63, 3.8) is 0 Å². The van der Waals surface area contributed by atoms with E-state index in [4.69, 9.17) is 4.55 Å². The van der Waals surface area contributed by atoms with E-state index in [1.807, 2.05) is 0 Å². The van der Waals surface area contributed by atoms with Crippen LogP contribution in [-0.2, 0) is 24.5 Å². The zero-order chi connectivity index (χ0) is 18.6. The fourth-order valence-electron chi connectivity index (χ4n) is 2.20. The second kappa shape index (κ2) is 8.17. The lowest BCUT2D eigenvalue weighted by Gasteiger charge is -2.22. The number of rotatable bonds is 8. The third-order valence-electron chi connectivity index (χ3n) is 3.35. The van der Waals surface area contributed by atoms with Gasteiger partial charge >= 0.3 is 5.97 Å². The van der Waals surface area contributed by atoms with Crippen LogP contribution >= 0.6 is 21.6 Å². The number of aromatic nitrogens is 1. The first kappa shape index (κ1) is 19.7. The normalized spacial score (nSPS) is 19.2. The molecule has 0 aliphatic carbocycles. The van der Waals surface area contributed by atoms with Crippen LogP contribution in [0, 0.1) is 0 Å². The van der Waals surface area contributed by atoms with E-state index in [9.17, 15) is 27.9 Å². The number of nitrogens with zero attached hydrogens (tertiary/aromatic N) is 2. The van der Waals surface area contributed by atoms with E-state index in [2.05, 4.69) is 4.98 Å². The maximum Gasteiger partial charge on any atom is 0.326 e. The number of aliphatic carboxylic acids is 1. The highest BCUT2D eigenvalue weighted by Crippen LogP contribution is 2.31. The van der Waals surface area contributed by atoms with Crippen LogP contribution in [0.3, 0.4) is 0 Å². The molecule has 0 radical (unpaired) electrons. The number of carboxylic acid groups (broad SMARTS) is 1. The summed E-state index contributed by atoms with van der Waals surface area (Å²) >= 11 is 0. The molecule has 2 rings (SSSR count). The standard InChI is InChI=1S/C13H14N2O7S3/c16-11-7-9(25(20,21)22)12(17)15(11)8(13(18)19)4-6-23-24-10-3-1-2-5-14-10/h1-3,5,8-9H,4,6-7H2,(H,18,19)(H,20,21,22). The highest BCUT2D eigenvalue weighted by Gasteiger charge is 2.49. The van der Waals surface area contributed by atoms with Crippen molar-refractivity contribution in [1.29, 1.82) is 0 Å². The molecule has 1 aliphatic rings. The zero-order valence-electron chi connectivity index (χ0n) is 12.6. The van der Waals surface area contributed by atoms with Crippen LogP contribution in [-0.4, -0.2) is 62.8 Å². The lowest BCUT2D eigenvalue weighted by Crippen LogP contribution is -2.46. The van der Waals surface area contributed by atoms with Crippen LogP contribution in [0.5, 0.6) is 0 Å². The first-order valence-electron chi connectivity index (χ1n) is 6.97. The average molecular weight is 406 g/mol. The monoisotopic (exact) mass is 406 g/mol. The van der Waals surface area contributed by atoms with Crippen LogP contribution in [0.15, 0.2) is 29.4 Å². The van der Waals surface area contributed by atoms with E-state index in [0.29, 0.717) is 4.90 Å². The molecule has 0 spiro atoms. The molecule has 2 unspecified atom stereocenters. The summed E-state index contributed by atoms with van der Waals surface area (Å²) in [5, 5.41) is 8.08. The van der Waals surface area contributed by atoms with E-state index >= 15 is 0 Å². The van der Waals surface area contributed by atoms with Crippen molar-refractivity contribution in [2.45, 2.75) is 29.2 Å². The van der Waals surface area contributed by atoms with E-state index in [1.54, 1.807) is 24.4 Å². The molecule has 9 nitrogen and oxygen atoms in total. The van der Waals surface area contributed by atoms with E-state index in [-0.39, 0.29) is 12.2 Å². The molecule has 0 saturated carbocycles. The minimum absolute atomic E-state index is 0.0600. The van der Waals surface area contributed by atoms with Gasteiger partial charge in [0.25, 0.3) is 16.0 Å². The van der Waals surface area contributed by atoms with Crippen molar-refractivity contribution in [3.8, 4) is 0 Å². The van der Waals surface area contributed by atoms with Gasteiger partial charge in [-0.05, 0) is 29.3 Å². The maximum absolute atomic E-state index is 12.0. The highest BCUT2D eigenvalue weighted by molar-refractivity contribution is 8.76. The smallest absolute Gasteiger partial charge is 0.326 e. The highest BCUT2D eigenvalue weighted by atomic mass is 33.1. The SMILES string of the molecule is O=C(O)C(CCSSc1ccccn1)N1C(=O)CC(S(=O)(=O)O)C1=O. The van der Waals surface area contributed by atoms with E-state index < -0.39 is 45.6 Å². The summed E-state index contributed by atoms with van der Waals surface area (Å²) in [7, 11) is -2.16. The van der Waals surface area contributed by atoms with Gasteiger partial charge in [-0.2, -0.15) is 8.42 Å². The molecule has 136 valence electrons. The Morgan fingerprint density at radius 3 is 2.64 bits per heavy atom. The summed E-state index contributed by atoms with van der Waals surface area (Å²) in [4.78, 5) is 39.8. The fraction of sp³-hybridized carbons (Fsp3) is 0.385. The fourth-order valence-corrected chi connectivity index (χ4v) is 4.88. The second-order valence-corrected chi connectivity index (χ2v) is 9.06. The molecule has 2 heterocycles. The van der Waals surface area contributed by atoms with Gasteiger partial charge in [0.05, 0.1) is 6.42 Å². The van der Waals surface area contributed by atoms with E-state index in [0.717, 1.165) is 5.03 Å². The van der Waals surface area contributed by atoms with Gasteiger partial charge in [0, 0.05) is 11.9 Å². The zero-order valence-corrected chi connectivity index (χ0v) is 15.1. The van der Waals surface area contributed by atoms with Crippen molar-refractivity contribution in [2.24, 2.45) is 0 Å². The topological polar surface area (TPSA) is 142 Å². The average Bonchev–Trinajstić information content (AvgIpc) is 2.83. The molecular formula is C13H14N2O7S3. The molecule has 25 heavy (non-hydrogen) atoms. The predicted octanol–water partition coefficient (Wildman–Crippen LogP) is 0.680. The molecule has 12 heteroatoms. The Labute approximate surface area is 151 Å². The van der Waals surface area contributed by atoms with Crippen molar-refractivity contribution in [1.82, 2.24) is 9.88 Å². The van der Waals surface area contributed by atoms with Gasteiger partial charge in [-0.15, -0.1) is 0 Å². The van der Waals surface area contributed by atoms with Gasteiger partial charge in [0.1, 0.15) is 11.1 Å². The molecule has 1 fully saturated rings. The Bertz CT molecular complexity index is 769. The summed E-state index contributed by atoms with van der Waals surface area (Å²) in [6, 6.07) is 3.85. The molecule has 2 atom stereocenters. The van der Waals surface area contributed by atoms with Crippen molar-refractivity contribution < 1.29 is 32.5 Å². The largest absolute Gasteiger partial charge is 0.480 e. The summed E-state index contributed by atoms with van der Waals surface area (Å²) < 4.78 is 31.3. The molecule has 1 aliphatic heterocycles. The number of hydrogen-bond acceptors (Lipinski definition) is 8. The minimum atomic E-state index is -4.76. The van der Waals surface area contributed by atoms with Gasteiger partial charge in [-0.3, -0.25) is 19.0 Å². The van der Waals surface area contributed by atoms with Crippen LogP contribution in [0.2, 0.25) is 0 Å². The summed E-state index contributed by atoms with van der Waals surface area (Å²) in [6.07, 6.45) is 0.798. The Kier molecular flexibility index (Phi) is 6.43. The Morgan fingerprint density at radius 1 is 1.40 bits per heavy atom. The second-order valence-electron chi connectivity index (χ2n) is 5.03. The van der Waals surface area contributed by atoms with E-state index in [1.165, 1.54) is 21.6 Å². The first-order valence-corrected chi connectivity index (χ1v) is 10.8. The third kappa shape index (κ3) is 4.93. The number of carbonyl (C=O) groups excluding carboxylic acids is 2. The van der Waals surface area contributed by atoms with Crippen molar-refractivity contribution >= 4 is 49.5 Å². The molecule has 0 bridgehead atoms. The van der Waals surface area contributed by atoms with Gasteiger partial charge in [-0.1, -0.05) is 16.9 Å². The molecule has 1 aromatic rings. The molecule has 2 N–H and O–H groups in total. The number of likely N-dealkylation sites (tertiary alicyclic amines) is 1. The lowest BCUT2D eigenvalue weighted by atomic mass is 10.2. The Morgan fingerprint density at radius 2 is 2.12 bits per heavy atom. The molecule has 0 aromatic carbocycles. The van der Waals surface area contributed by atoms with Gasteiger partial charge in [0.2, 0.25) is 5.91 Å². The quantitative estimate of drug-likeness (QED) is 0.274. The summed E-state index contributed by atoms with van der Waals surface area (Å²) in [5.74, 6) is -3.27. The molecule has 1 aromatic heterocycles. The summed E-state index contributed by atoms with van der Waals surface area (Å²) in [6.45, 7) is 0. The number of carboxylic acids is 1. The van der Waals surface area contributed by atoms with Crippen LogP contribution in [0.1, 0.15) is 12.8 Å². The number of carbonyl (C=O) groups is 3. The Hall–Kier alpha value is -1.63. The third-order valence-corrected chi connectivity index (χ3v) is 6.74. The molecular weight excluding hydrogens is 392 g/mol. The van der Waals surface area contributed by atoms with Crippen LogP contribution < -0.4 is 0 Å². The van der Waals surface area contributed by atoms with Gasteiger partial charge in [-0.25, -0.2) is 9.78 Å². The Balaban J connectivity index is 1.99. The van der Waals surface area contributed by atoms with Gasteiger partial charge in [0.15, 0.2) is 5.25 Å². The van der Waals surface area contributed by atoms with Crippen LogP contribution in [0.25, 0.3) is 0 Å². The lowest BCUT2D eigenvalue weighted by molar-refractivity contribution is -0.154. The van der Waals surface area contributed by atoms with Crippen molar-refractivity contribution in [3.05, 3.63) is 24.4 Å². The van der Waals surface area contributed by atoms with Crippen LogP contribution in [0.4, 0.5) is 0 Å². The number of hydrogen-bond donors (Lipinski definition) is 2. The summed E-state index contributed by atoms with van der Waals surface area (Å²) in [5.41, 5.74) is 0. The van der Waals surface area contributed by atoms with Crippen molar-refractivity contribution in [2.75, 3.05) is 5.75 Å². The predicted molar refractivity (Wildman–Crippen MR) is 90.4 cm³/mol. The maximum atomic E-state index is 12.0. The molecule has 1 saturated heterocycles. The minimum Gasteiger partial charge on any atom is -0.480 e. The number of imide groups is 1.